The molecule has 3 amide bonds. The fourth-order valence-corrected chi connectivity index (χ4v) is 4.66. The van der Waals surface area contributed by atoms with Crippen LogP contribution in [-0.2, 0) is 4.74 Å². The highest BCUT2D eigenvalue weighted by atomic mass is 19.1. The molecule has 9 heteroatoms. The number of nitrogens with one attached hydrogen (secondary N) is 2. The van der Waals surface area contributed by atoms with Crippen LogP contribution in [0.15, 0.2) is 42.5 Å². The lowest BCUT2D eigenvalue weighted by molar-refractivity contribution is 0.00994. The molecule has 0 aromatic heterocycles. The smallest absolute Gasteiger partial charge is 0.323 e. The Morgan fingerprint density at radius 3 is 2.59 bits per heavy atom. The van der Waals surface area contributed by atoms with E-state index in [4.69, 9.17) is 9.47 Å². The first-order chi connectivity index (χ1) is 17.7. The number of carbonyl (C=O) groups excluding carboxylic acids is 2. The first-order valence-corrected chi connectivity index (χ1v) is 12.9. The zero-order chi connectivity index (χ0) is 26.5. The van der Waals surface area contributed by atoms with Gasteiger partial charge in [0.25, 0.3) is 5.91 Å². The van der Waals surface area contributed by atoms with E-state index in [0.717, 1.165) is 19.0 Å². The van der Waals surface area contributed by atoms with E-state index < -0.39 is 11.8 Å². The number of urea groups is 1. The number of anilines is 2. The minimum atomic E-state index is -0.613. The molecule has 2 aliphatic rings. The first-order valence-electron chi connectivity index (χ1n) is 12.9. The maximum absolute atomic E-state index is 13.9. The number of para-hydroxylation sites is 1. The third kappa shape index (κ3) is 6.99. The number of rotatable bonds is 5. The van der Waals surface area contributed by atoms with Gasteiger partial charge in [0, 0.05) is 45.5 Å². The molecule has 1 aliphatic carbocycles. The van der Waals surface area contributed by atoms with Gasteiger partial charge < -0.3 is 25.0 Å². The summed E-state index contributed by atoms with van der Waals surface area (Å²) in [7, 11) is 3.43. The Hall–Kier alpha value is -3.17. The van der Waals surface area contributed by atoms with Crippen molar-refractivity contribution < 1.29 is 23.5 Å². The number of carbonyl (C=O) groups is 2. The van der Waals surface area contributed by atoms with E-state index in [1.165, 1.54) is 25.0 Å². The highest BCUT2D eigenvalue weighted by Crippen LogP contribution is 2.32. The maximum atomic E-state index is 13.9. The van der Waals surface area contributed by atoms with Crippen LogP contribution in [0.25, 0.3) is 0 Å². The molecule has 1 heterocycles. The third-order valence-corrected chi connectivity index (χ3v) is 7.14. The topological polar surface area (TPSA) is 83.1 Å². The van der Waals surface area contributed by atoms with Gasteiger partial charge >= 0.3 is 6.03 Å². The summed E-state index contributed by atoms with van der Waals surface area (Å²) >= 11 is 0. The first kappa shape index (κ1) is 26.9. The summed E-state index contributed by atoms with van der Waals surface area (Å²) in [6, 6.07) is 10.4. The molecule has 0 radical (unpaired) electrons. The second kappa shape index (κ2) is 11.9. The van der Waals surface area contributed by atoms with E-state index in [-0.39, 0.29) is 29.7 Å². The van der Waals surface area contributed by atoms with Crippen molar-refractivity contribution in [2.75, 3.05) is 51.0 Å². The van der Waals surface area contributed by atoms with Gasteiger partial charge in [0.05, 0.1) is 17.4 Å². The lowest BCUT2D eigenvalue weighted by atomic mass is 10.0. The van der Waals surface area contributed by atoms with Crippen LogP contribution >= 0.6 is 0 Å². The van der Waals surface area contributed by atoms with Crippen LogP contribution in [0.3, 0.4) is 0 Å². The van der Waals surface area contributed by atoms with Crippen molar-refractivity contribution >= 4 is 23.3 Å². The molecule has 8 nitrogen and oxygen atoms in total. The van der Waals surface area contributed by atoms with Crippen molar-refractivity contribution in [1.29, 1.82) is 0 Å². The van der Waals surface area contributed by atoms with E-state index in [2.05, 4.69) is 29.4 Å². The number of methoxy groups -OCH3 is 1. The number of nitrogens with zero attached hydrogens (tertiary/aromatic N) is 2. The van der Waals surface area contributed by atoms with Crippen LogP contribution in [0.2, 0.25) is 0 Å². The van der Waals surface area contributed by atoms with Gasteiger partial charge in [-0.2, -0.15) is 0 Å². The molecule has 2 aromatic rings. The molecular formula is C28H37FN4O4. The molecule has 0 spiro atoms. The van der Waals surface area contributed by atoms with Gasteiger partial charge in [-0.05, 0) is 61.9 Å². The molecule has 1 saturated carbocycles. The molecular weight excluding hydrogens is 475 g/mol. The summed E-state index contributed by atoms with van der Waals surface area (Å²) in [5.74, 6) is 0.648. The van der Waals surface area contributed by atoms with Crippen LogP contribution < -0.4 is 15.4 Å². The number of likely N-dealkylation sites (N-methyl/N-ethyl adjacent to an activating group) is 1. The van der Waals surface area contributed by atoms with Crippen LogP contribution in [0.1, 0.15) is 37.0 Å². The zero-order valence-electron chi connectivity index (χ0n) is 22.0. The number of fused-ring (bicyclic) bond motifs is 1. The Morgan fingerprint density at radius 1 is 1.14 bits per heavy atom. The fraction of sp³-hybridized carbons (Fsp3) is 0.500. The molecule has 200 valence electrons. The number of amides is 3. The average molecular weight is 513 g/mol. The minimum absolute atomic E-state index is 0.0647. The van der Waals surface area contributed by atoms with E-state index in [9.17, 15) is 14.0 Å². The van der Waals surface area contributed by atoms with Gasteiger partial charge in [0.1, 0.15) is 18.2 Å². The van der Waals surface area contributed by atoms with Crippen molar-refractivity contribution in [2.45, 2.75) is 38.8 Å². The molecule has 3 atom stereocenters. The average Bonchev–Trinajstić information content (AvgIpc) is 3.70. The fourth-order valence-electron chi connectivity index (χ4n) is 4.66. The number of ether oxygens (including phenoxy) is 2. The van der Waals surface area contributed by atoms with Crippen LogP contribution in [0, 0.1) is 17.7 Å². The summed E-state index contributed by atoms with van der Waals surface area (Å²) in [6.07, 6.45) is 2.42. The number of hydrogen-bond acceptors (Lipinski definition) is 5. The molecule has 1 fully saturated rings. The van der Waals surface area contributed by atoms with Crippen molar-refractivity contribution in [3.63, 3.8) is 0 Å². The number of halogens is 1. The van der Waals surface area contributed by atoms with E-state index in [1.807, 2.05) is 0 Å². The van der Waals surface area contributed by atoms with E-state index in [0.29, 0.717) is 30.2 Å². The maximum Gasteiger partial charge on any atom is 0.323 e. The standard InChI is InChI=1S/C28H37FN4O4/c1-18-14-33(15-20-9-10-20)19(2)17-37-25-12-11-21(13-22(25)27(34)32(3)16-26(18)36-4)30-28(35)31-24-8-6-5-7-23(24)29/h5-8,11-13,18-20,26H,9-10,14-17H2,1-4H3,(H2,30,31,35)/t18-,19-,26+/m1/s1. The van der Waals surface area contributed by atoms with Crippen molar-refractivity contribution in [2.24, 2.45) is 11.8 Å². The summed E-state index contributed by atoms with van der Waals surface area (Å²) in [6.45, 7) is 7.07. The summed E-state index contributed by atoms with van der Waals surface area (Å²) in [4.78, 5) is 30.1. The highest BCUT2D eigenvalue weighted by molar-refractivity contribution is 6.02. The van der Waals surface area contributed by atoms with Gasteiger partial charge in [-0.3, -0.25) is 9.69 Å². The van der Waals surface area contributed by atoms with E-state index >= 15 is 0 Å². The molecule has 4 rings (SSSR count). The molecule has 0 bridgehead atoms. The summed E-state index contributed by atoms with van der Waals surface area (Å²) in [5.41, 5.74) is 0.801. The van der Waals surface area contributed by atoms with Gasteiger partial charge in [0.2, 0.25) is 0 Å². The summed E-state index contributed by atoms with van der Waals surface area (Å²) in [5, 5.41) is 5.18. The Bertz CT molecular complexity index is 1110. The Labute approximate surface area is 218 Å². The second-order valence-electron chi connectivity index (χ2n) is 10.3. The zero-order valence-corrected chi connectivity index (χ0v) is 22.0. The lowest BCUT2D eigenvalue weighted by Crippen LogP contribution is -2.47. The van der Waals surface area contributed by atoms with Gasteiger partial charge in [0.15, 0.2) is 0 Å². The molecule has 2 aromatic carbocycles. The third-order valence-electron chi connectivity index (χ3n) is 7.14. The van der Waals surface area contributed by atoms with Crippen molar-refractivity contribution in [3.8, 4) is 5.75 Å². The Balaban J connectivity index is 1.56. The van der Waals surface area contributed by atoms with Crippen LogP contribution in [-0.4, -0.2) is 74.3 Å². The van der Waals surface area contributed by atoms with Crippen LogP contribution in [0.5, 0.6) is 5.75 Å². The largest absolute Gasteiger partial charge is 0.491 e. The molecule has 0 unspecified atom stereocenters. The quantitative estimate of drug-likeness (QED) is 0.608. The minimum Gasteiger partial charge on any atom is -0.491 e. The Kier molecular flexibility index (Phi) is 8.66. The molecule has 0 saturated heterocycles. The van der Waals surface area contributed by atoms with E-state index in [1.54, 1.807) is 49.4 Å². The second-order valence-corrected chi connectivity index (χ2v) is 10.3. The van der Waals surface area contributed by atoms with Crippen LogP contribution in [0.4, 0.5) is 20.6 Å². The lowest BCUT2D eigenvalue weighted by Gasteiger charge is -2.36. The van der Waals surface area contributed by atoms with Gasteiger partial charge in [-0.25, -0.2) is 9.18 Å². The monoisotopic (exact) mass is 512 g/mol. The van der Waals surface area contributed by atoms with Crippen molar-refractivity contribution in [3.05, 3.63) is 53.8 Å². The highest BCUT2D eigenvalue weighted by Gasteiger charge is 2.31. The predicted molar refractivity (Wildman–Crippen MR) is 142 cm³/mol. The molecule has 2 N–H and O–H groups in total. The number of benzene rings is 2. The van der Waals surface area contributed by atoms with Gasteiger partial charge in [-0.1, -0.05) is 19.1 Å². The van der Waals surface area contributed by atoms with Crippen molar-refractivity contribution in [1.82, 2.24) is 9.80 Å². The SMILES string of the molecule is CO[C@H]1CN(C)C(=O)c2cc(NC(=O)Nc3ccccc3F)ccc2OC[C@@H](C)N(CC2CC2)C[C@H]1C. The number of hydrogen-bond donors (Lipinski definition) is 2. The summed E-state index contributed by atoms with van der Waals surface area (Å²) < 4.78 is 25.9. The molecule has 37 heavy (non-hydrogen) atoms. The predicted octanol–water partition coefficient (Wildman–Crippen LogP) is 4.69. The normalized spacial score (nSPS) is 23.3. The van der Waals surface area contributed by atoms with Gasteiger partial charge in [-0.15, -0.1) is 0 Å². The Morgan fingerprint density at radius 2 is 1.89 bits per heavy atom. The molecule has 1 aliphatic heterocycles.